The van der Waals surface area contributed by atoms with Gasteiger partial charge in [0.2, 0.25) is 0 Å². The van der Waals surface area contributed by atoms with Gasteiger partial charge in [0.05, 0.1) is 36.8 Å². The molecule has 0 aromatic carbocycles. The van der Waals surface area contributed by atoms with Crippen LogP contribution in [0.4, 0.5) is 0 Å². The van der Waals surface area contributed by atoms with Crippen LogP contribution >= 0.6 is 12.2 Å². The minimum absolute atomic E-state index is 0.0889. The van der Waals surface area contributed by atoms with E-state index in [0.717, 1.165) is 22.8 Å². The van der Waals surface area contributed by atoms with E-state index in [1.54, 1.807) is 12.4 Å². The van der Waals surface area contributed by atoms with E-state index in [0.29, 0.717) is 24.5 Å². The van der Waals surface area contributed by atoms with Gasteiger partial charge in [-0.15, -0.1) is 0 Å². The predicted octanol–water partition coefficient (Wildman–Crippen LogP) is 3.50. The molecular formula is C23H25N5O2S. The van der Waals surface area contributed by atoms with E-state index >= 15 is 0 Å². The molecule has 3 aromatic heterocycles. The number of hydrogen-bond acceptors (Lipinski definition) is 5. The van der Waals surface area contributed by atoms with Crippen molar-refractivity contribution in [2.24, 2.45) is 0 Å². The number of rotatable bonds is 7. The minimum atomic E-state index is -0.217. The zero-order valence-corrected chi connectivity index (χ0v) is 18.4. The van der Waals surface area contributed by atoms with Crippen molar-refractivity contribution in [1.29, 1.82) is 0 Å². The number of pyridine rings is 2. The average Bonchev–Trinajstić information content (AvgIpc) is 3.34. The molecule has 31 heavy (non-hydrogen) atoms. The van der Waals surface area contributed by atoms with Crippen molar-refractivity contribution in [2.45, 2.75) is 31.8 Å². The quantitative estimate of drug-likeness (QED) is 0.450. The van der Waals surface area contributed by atoms with Crippen LogP contribution < -0.4 is 5.32 Å². The Morgan fingerprint density at radius 3 is 2.77 bits per heavy atom. The summed E-state index contributed by atoms with van der Waals surface area (Å²) < 4.78 is 7.00. The number of carbonyl (C=O) groups is 1. The Morgan fingerprint density at radius 2 is 2.06 bits per heavy atom. The maximum Gasteiger partial charge on any atom is 0.305 e. The summed E-state index contributed by atoms with van der Waals surface area (Å²) in [4.78, 5) is 22.7. The molecule has 1 aliphatic heterocycles. The molecule has 1 aliphatic rings. The molecule has 1 fully saturated rings. The number of methoxy groups -OCH3 is 1. The Bertz CT molecular complexity index is 1050. The van der Waals surface area contributed by atoms with E-state index in [2.05, 4.69) is 43.8 Å². The van der Waals surface area contributed by atoms with Gasteiger partial charge in [-0.3, -0.25) is 14.8 Å². The van der Waals surface area contributed by atoms with Crippen molar-refractivity contribution in [2.75, 3.05) is 13.7 Å². The summed E-state index contributed by atoms with van der Waals surface area (Å²) in [5.41, 5.74) is 4.11. The van der Waals surface area contributed by atoms with Crippen molar-refractivity contribution in [3.8, 4) is 5.69 Å². The highest BCUT2D eigenvalue weighted by molar-refractivity contribution is 7.80. The first-order valence-corrected chi connectivity index (χ1v) is 10.6. The van der Waals surface area contributed by atoms with Crippen LogP contribution in [0, 0.1) is 6.92 Å². The highest BCUT2D eigenvalue weighted by atomic mass is 32.1. The van der Waals surface area contributed by atoms with Crippen LogP contribution in [0.3, 0.4) is 0 Å². The van der Waals surface area contributed by atoms with E-state index in [4.69, 9.17) is 17.0 Å². The Kier molecular flexibility index (Phi) is 6.27. The van der Waals surface area contributed by atoms with Crippen LogP contribution in [-0.2, 0) is 9.53 Å². The number of aryl methyl sites for hydroxylation is 1. The highest BCUT2D eigenvalue weighted by Gasteiger charge is 2.41. The number of ether oxygens (including phenoxy) is 1. The van der Waals surface area contributed by atoms with E-state index < -0.39 is 0 Å². The molecule has 3 aromatic rings. The van der Waals surface area contributed by atoms with E-state index in [-0.39, 0.29) is 18.1 Å². The Morgan fingerprint density at radius 1 is 1.19 bits per heavy atom. The fourth-order valence-corrected chi connectivity index (χ4v) is 4.42. The number of nitrogens with one attached hydrogen (secondary N) is 1. The molecule has 0 bridgehead atoms. The van der Waals surface area contributed by atoms with Crippen LogP contribution in [0.25, 0.3) is 5.69 Å². The largest absolute Gasteiger partial charge is 0.469 e. The van der Waals surface area contributed by atoms with Crippen molar-refractivity contribution in [3.05, 3.63) is 78.1 Å². The molecule has 4 heterocycles. The zero-order chi connectivity index (χ0) is 21.8. The number of hydrogen-bond donors (Lipinski definition) is 1. The van der Waals surface area contributed by atoms with Crippen LogP contribution in [0.5, 0.6) is 0 Å². The first-order valence-electron chi connectivity index (χ1n) is 10.2. The predicted molar refractivity (Wildman–Crippen MR) is 122 cm³/mol. The molecular weight excluding hydrogens is 410 g/mol. The number of esters is 1. The fourth-order valence-electron chi connectivity index (χ4n) is 4.09. The first kappa shape index (κ1) is 21.0. The second-order valence-corrected chi connectivity index (χ2v) is 7.83. The van der Waals surface area contributed by atoms with Crippen molar-refractivity contribution < 1.29 is 9.53 Å². The number of aromatic nitrogens is 3. The van der Waals surface area contributed by atoms with Crippen LogP contribution in [0.2, 0.25) is 0 Å². The average molecular weight is 436 g/mol. The smallest absolute Gasteiger partial charge is 0.305 e. The van der Waals surface area contributed by atoms with Gasteiger partial charge < -0.3 is 19.5 Å². The lowest BCUT2D eigenvalue weighted by molar-refractivity contribution is -0.140. The van der Waals surface area contributed by atoms with Gasteiger partial charge >= 0.3 is 5.97 Å². The first-order chi connectivity index (χ1) is 15.1. The molecule has 7 nitrogen and oxygen atoms in total. The fraction of sp³-hybridized carbons (Fsp3) is 0.304. The SMILES string of the molecule is COC(=O)CCCN1C(=S)NC(c2ccccn2)C1c1ccc(C)n1-c1cccnc1. The summed E-state index contributed by atoms with van der Waals surface area (Å²) in [7, 11) is 1.41. The van der Waals surface area contributed by atoms with E-state index in [9.17, 15) is 4.79 Å². The molecule has 8 heteroatoms. The molecule has 160 valence electrons. The van der Waals surface area contributed by atoms with Gasteiger partial charge in [-0.2, -0.15) is 0 Å². The number of carbonyl (C=O) groups excluding carboxylic acids is 1. The van der Waals surface area contributed by atoms with Gasteiger partial charge in [0.25, 0.3) is 0 Å². The van der Waals surface area contributed by atoms with Gasteiger partial charge in [0.15, 0.2) is 5.11 Å². The molecule has 0 radical (unpaired) electrons. The lowest BCUT2D eigenvalue weighted by atomic mass is 10.0. The van der Waals surface area contributed by atoms with Gasteiger partial charge in [0, 0.05) is 36.7 Å². The Hall–Kier alpha value is -3.26. The monoisotopic (exact) mass is 435 g/mol. The molecule has 0 spiro atoms. The van der Waals surface area contributed by atoms with Crippen molar-refractivity contribution in [3.63, 3.8) is 0 Å². The lowest BCUT2D eigenvalue weighted by Gasteiger charge is -2.29. The normalized spacial score (nSPS) is 18.1. The van der Waals surface area contributed by atoms with E-state index in [1.807, 2.05) is 36.5 Å². The summed E-state index contributed by atoms with van der Waals surface area (Å²) in [5.74, 6) is -0.217. The summed E-state index contributed by atoms with van der Waals surface area (Å²) in [6.07, 6.45) is 6.41. The minimum Gasteiger partial charge on any atom is -0.469 e. The molecule has 0 aliphatic carbocycles. The lowest BCUT2D eigenvalue weighted by Crippen LogP contribution is -2.31. The topological polar surface area (TPSA) is 72.3 Å². The van der Waals surface area contributed by atoms with Crippen molar-refractivity contribution >= 4 is 23.3 Å². The standard InChI is InChI=1S/C23H25N5O2S/c1-16-10-11-19(28(16)17-7-5-12-24-15-17)22-21(18-8-3-4-13-25-18)26-23(31)27(22)14-6-9-20(29)30-2/h3-5,7-8,10-13,15,21-22H,6,9,14H2,1-2H3,(H,26,31). The molecule has 0 saturated carbocycles. The maximum atomic E-state index is 11.6. The summed E-state index contributed by atoms with van der Waals surface area (Å²) in [6.45, 7) is 2.71. The molecule has 0 amide bonds. The summed E-state index contributed by atoms with van der Waals surface area (Å²) >= 11 is 5.72. The van der Waals surface area contributed by atoms with E-state index in [1.165, 1.54) is 7.11 Å². The third-order valence-corrected chi connectivity index (χ3v) is 5.87. The molecule has 1 saturated heterocycles. The summed E-state index contributed by atoms with van der Waals surface area (Å²) in [5, 5.41) is 4.11. The zero-order valence-electron chi connectivity index (χ0n) is 17.6. The van der Waals surface area contributed by atoms with Gasteiger partial charge in [0.1, 0.15) is 0 Å². The van der Waals surface area contributed by atoms with Gasteiger partial charge in [-0.25, -0.2) is 0 Å². The highest BCUT2D eigenvalue weighted by Crippen LogP contribution is 2.40. The second kappa shape index (κ2) is 9.26. The summed E-state index contributed by atoms with van der Waals surface area (Å²) in [6, 6.07) is 13.9. The molecule has 2 unspecified atom stereocenters. The third kappa shape index (κ3) is 4.29. The van der Waals surface area contributed by atoms with Crippen LogP contribution in [-0.4, -0.2) is 44.2 Å². The molecule has 1 N–H and O–H groups in total. The number of thiocarbonyl (C=S) groups is 1. The van der Waals surface area contributed by atoms with Crippen molar-refractivity contribution in [1.82, 2.24) is 24.8 Å². The van der Waals surface area contributed by atoms with Gasteiger partial charge in [-0.05, 0) is 62.0 Å². The maximum absolute atomic E-state index is 11.6. The van der Waals surface area contributed by atoms with Crippen LogP contribution in [0.1, 0.15) is 42.0 Å². The molecule has 2 atom stereocenters. The second-order valence-electron chi connectivity index (χ2n) is 7.45. The molecule has 4 rings (SSSR count). The third-order valence-electron chi connectivity index (χ3n) is 5.52. The Balaban J connectivity index is 1.74. The van der Waals surface area contributed by atoms with Gasteiger partial charge in [-0.1, -0.05) is 6.07 Å². The Labute approximate surface area is 187 Å². The number of nitrogens with zero attached hydrogens (tertiary/aromatic N) is 4. The van der Waals surface area contributed by atoms with Crippen LogP contribution in [0.15, 0.2) is 61.1 Å².